The van der Waals surface area contributed by atoms with Crippen LogP contribution >= 0.6 is 0 Å². The van der Waals surface area contributed by atoms with E-state index in [9.17, 15) is 9.59 Å². The van der Waals surface area contributed by atoms with Crippen LogP contribution in [0.5, 0.6) is 5.75 Å². The lowest BCUT2D eigenvalue weighted by molar-refractivity contribution is -0.140. The summed E-state index contributed by atoms with van der Waals surface area (Å²) in [5.41, 5.74) is 0.943. The quantitative estimate of drug-likeness (QED) is 0.746. The second-order valence-corrected chi connectivity index (χ2v) is 6.24. The minimum absolute atomic E-state index is 0.00806. The van der Waals surface area contributed by atoms with Crippen molar-refractivity contribution in [2.24, 2.45) is 0 Å². The Labute approximate surface area is 152 Å². The van der Waals surface area contributed by atoms with Gasteiger partial charge in [-0.15, -0.1) is 0 Å². The van der Waals surface area contributed by atoms with Gasteiger partial charge in [0.2, 0.25) is 0 Å². The second-order valence-electron chi connectivity index (χ2n) is 6.24. The van der Waals surface area contributed by atoms with Crippen LogP contribution < -0.4 is 9.64 Å². The molecule has 1 fully saturated rings. The third-order valence-electron chi connectivity index (χ3n) is 4.57. The van der Waals surface area contributed by atoms with Gasteiger partial charge >= 0.3 is 11.9 Å². The molecule has 0 bridgehead atoms. The van der Waals surface area contributed by atoms with Crippen LogP contribution in [-0.2, 0) is 23.8 Å². The van der Waals surface area contributed by atoms with E-state index in [0.29, 0.717) is 5.69 Å². The Hall–Kier alpha value is -2.54. The van der Waals surface area contributed by atoms with Gasteiger partial charge in [-0.1, -0.05) is 6.07 Å². The fourth-order valence-corrected chi connectivity index (χ4v) is 3.27. The topological polar surface area (TPSA) is 74.3 Å². The summed E-state index contributed by atoms with van der Waals surface area (Å²) in [7, 11) is 2.54. The zero-order chi connectivity index (χ0) is 18.5. The third-order valence-corrected chi connectivity index (χ3v) is 4.57. The van der Waals surface area contributed by atoms with Gasteiger partial charge in [0.25, 0.3) is 0 Å². The highest BCUT2D eigenvalue weighted by Gasteiger charge is 2.32. The zero-order valence-corrected chi connectivity index (χ0v) is 15.0. The molecule has 1 heterocycles. The lowest BCUT2D eigenvalue weighted by Crippen LogP contribution is -2.38. The van der Waals surface area contributed by atoms with Crippen molar-refractivity contribution in [3.05, 3.63) is 35.5 Å². The highest BCUT2D eigenvalue weighted by atomic mass is 16.5. The van der Waals surface area contributed by atoms with E-state index >= 15 is 0 Å². The van der Waals surface area contributed by atoms with Crippen molar-refractivity contribution in [2.45, 2.75) is 31.8 Å². The molecular weight excluding hydrogens is 338 g/mol. The molecule has 1 aliphatic carbocycles. The maximum Gasteiger partial charge on any atom is 0.355 e. The van der Waals surface area contributed by atoms with Crippen LogP contribution in [0.25, 0.3) is 0 Å². The SMILES string of the molecule is COC(=O)C1=C(C(=O)OC)N(c2cccc(OC3CCCC3)c2)COC1. The van der Waals surface area contributed by atoms with Crippen molar-refractivity contribution in [1.29, 1.82) is 0 Å². The monoisotopic (exact) mass is 361 g/mol. The van der Waals surface area contributed by atoms with Gasteiger partial charge in [-0.05, 0) is 37.8 Å². The molecule has 1 aliphatic heterocycles. The highest BCUT2D eigenvalue weighted by Crippen LogP contribution is 2.31. The van der Waals surface area contributed by atoms with Crippen LogP contribution in [0, 0.1) is 0 Å². The van der Waals surface area contributed by atoms with E-state index < -0.39 is 11.9 Å². The van der Waals surface area contributed by atoms with Gasteiger partial charge in [0.05, 0.1) is 32.5 Å². The number of benzene rings is 1. The molecule has 140 valence electrons. The summed E-state index contributed by atoms with van der Waals surface area (Å²) >= 11 is 0. The number of methoxy groups -OCH3 is 2. The number of ether oxygens (including phenoxy) is 4. The van der Waals surface area contributed by atoms with E-state index in [-0.39, 0.29) is 30.7 Å². The van der Waals surface area contributed by atoms with E-state index in [1.54, 1.807) is 4.90 Å². The minimum Gasteiger partial charge on any atom is -0.490 e. The van der Waals surface area contributed by atoms with E-state index in [4.69, 9.17) is 18.9 Å². The molecule has 7 heteroatoms. The van der Waals surface area contributed by atoms with Crippen molar-refractivity contribution in [1.82, 2.24) is 0 Å². The molecule has 26 heavy (non-hydrogen) atoms. The Balaban J connectivity index is 1.92. The molecule has 0 aromatic heterocycles. The zero-order valence-electron chi connectivity index (χ0n) is 15.0. The number of hydrogen-bond acceptors (Lipinski definition) is 7. The molecule has 7 nitrogen and oxygen atoms in total. The van der Waals surface area contributed by atoms with Crippen LogP contribution in [0.2, 0.25) is 0 Å². The van der Waals surface area contributed by atoms with Crippen molar-refractivity contribution < 1.29 is 28.5 Å². The van der Waals surface area contributed by atoms with Gasteiger partial charge in [-0.25, -0.2) is 9.59 Å². The fraction of sp³-hybridized carbons (Fsp3) is 0.474. The molecule has 0 N–H and O–H groups in total. The average molecular weight is 361 g/mol. The molecular formula is C19H23NO6. The van der Waals surface area contributed by atoms with E-state index in [2.05, 4.69) is 0 Å². The van der Waals surface area contributed by atoms with Crippen LogP contribution in [0.1, 0.15) is 25.7 Å². The first kappa shape index (κ1) is 18.3. The maximum absolute atomic E-state index is 12.3. The first-order valence-corrected chi connectivity index (χ1v) is 8.66. The van der Waals surface area contributed by atoms with Crippen LogP contribution in [-0.4, -0.2) is 45.6 Å². The number of rotatable bonds is 5. The van der Waals surface area contributed by atoms with Gasteiger partial charge < -0.3 is 23.8 Å². The van der Waals surface area contributed by atoms with Gasteiger partial charge in [0, 0.05) is 11.8 Å². The molecule has 0 unspecified atom stereocenters. The normalized spacial score (nSPS) is 18.0. The van der Waals surface area contributed by atoms with E-state index in [0.717, 1.165) is 18.6 Å². The van der Waals surface area contributed by atoms with Crippen molar-refractivity contribution in [2.75, 3.05) is 32.5 Å². The molecule has 2 aliphatic rings. The standard InChI is InChI=1S/C19H23NO6/c1-23-18(21)16-11-25-12-20(17(16)19(22)24-2)13-6-5-9-15(10-13)26-14-7-3-4-8-14/h5-6,9-10,14H,3-4,7-8,11-12H2,1-2H3. The Bertz CT molecular complexity index is 708. The van der Waals surface area contributed by atoms with E-state index in [1.165, 1.54) is 27.1 Å². The summed E-state index contributed by atoms with van der Waals surface area (Å²) < 4.78 is 21.2. The van der Waals surface area contributed by atoms with Gasteiger partial charge in [0.15, 0.2) is 0 Å². The van der Waals surface area contributed by atoms with Crippen LogP contribution in [0.4, 0.5) is 5.69 Å². The number of carbonyl (C=O) groups is 2. The Morgan fingerprint density at radius 2 is 1.85 bits per heavy atom. The van der Waals surface area contributed by atoms with Crippen molar-refractivity contribution >= 4 is 17.6 Å². The number of anilines is 1. The predicted octanol–water partition coefficient (Wildman–Crippen LogP) is 2.40. The fourth-order valence-electron chi connectivity index (χ4n) is 3.27. The first-order valence-electron chi connectivity index (χ1n) is 8.66. The summed E-state index contributed by atoms with van der Waals surface area (Å²) in [4.78, 5) is 26.0. The minimum atomic E-state index is -0.617. The highest BCUT2D eigenvalue weighted by molar-refractivity contribution is 6.03. The Kier molecular flexibility index (Phi) is 5.78. The number of hydrogen-bond donors (Lipinski definition) is 0. The lowest BCUT2D eigenvalue weighted by atomic mass is 10.1. The number of esters is 2. The summed E-state index contributed by atoms with van der Waals surface area (Å²) in [6.07, 6.45) is 4.70. The number of carbonyl (C=O) groups excluding carboxylic acids is 2. The molecule has 3 rings (SSSR count). The molecule has 0 radical (unpaired) electrons. The lowest BCUT2D eigenvalue weighted by Gasteiger charge is -2.31. The Morgan fingerprint density at radius 3 is 2.54 bits per heavy atom. The summed E-state index contributed by atoms with van der Waals surface area (Å²) in [5, 5.41) is 0. The van der Waals surface area contributed by atoms with Gasteiger partial charge in [-0.2, -0.15) is 0 Å². The molecule has 0 amide bonds. The first-order chi connectivity index (χ1) is 12.6. The molecule has 0 saturated heterocycles. The molecule has 1 aromatic rings. The van der Waals surface area contributed by atoms with Gasteiger partial charge in [0.1, 0.15) is 18.2 Å². The third kappa shape index (κ3) is 3.83. The van der Waals surface area contributed by atoms with Crippen LogP contribution in [0.3, 0.4) is 0 Å². The second kappa shape index (κ2) is 8.23. The predicted molar refractivity (Wildman–Crippen MR) is 93.7 cm³/mol. The van der Waals surface area contributed by atoms with Crippen molar-refractivity contribution in [3.63, 3.8) is 0 Å². The average Bonchev–Trinajstić information content (AvgIpc) is 3.19. The molecule has 0 atom stereocenters. The molecule has 1 aromatic carbocycles. The molecule has 0 spiro atoms. The molecule has 1 saturated carbocycles. The summed E-state index contributed by atoms with van der Waals surface area (Å²) in [6, 6.07) is 7.40. The van der Waals surface area contributed by atoms with E-state index in [1.807, 2.05) is 24.3 Å². The number of nitrogens with zero attached hydrogens (tertiary/aromatic N) is 1. The summed E-state index contributed by atoms with van der Waals surface area (Å²) in [6.45, 7) is 0.115. The van der Waals surface area contributed by atoms with Gasteiger partial charge in [-0.3, -0.25) is 0 Å². The largest absolute Gasteiger partial charge is 0.490 e. The smallest absolute Gasteiger partial charge is 0.355 e. The summed E-state index contributed by atoms with van der Waals surface area (Å²) in [5.74, 6) is -0.506. The van der Waals surface area contributed by atoms with Crippen LogP contribution in [0.15, 0.2) is 35.5 Å². The van der Waals surface area contributed by atoms with Crippen molar-refractivity contribution in [3.8, 4) is 5.75 Å². The maximum atomic E-state index is 12.3. The Morgan fingerprint density at radius 1 is 1.12 bits per heavy atom.